The molecule has 1 amide bonds. The number of esters is 4. The van der Waals surface area contributed by atoms with Gasteiger partial charge in [-0.1, -0.05) is 0 Å². The summed E-state index contributed by atoms with van der Waals surface area (Å²) in [5.74, 6) is -6.34. The van der Waals surface area contributed by atoms with Crippen molar-refractivity contribution in [3.05, 3.63) is 0 Å². The van der Waals surface area contributed by atoms with E-state index in [1.165, 1.54) is 0 Å². The number of nitrogens with one attached hydrogen (secondary N) is 1. The number of hydrogen-bond donors (Lipinski definition) is 1. The molecule has 0 aromatic carbocycles. The molecule has 180 valence electrons. The molecule has 1 heterocycles. The second-order valence-electron chi connectivity index (χ2n) is 6.89. The molecule has 1 unspecified atom stereocenters. The molecule has 0 aliphatic carbocycles. The zero-order chi connectivity index (χ0) is 24.6. The summed E-state index contributed by atoms with van der Waals surface area (Å²) >= 11 is 0. The third-order valence-electron chi connectivity index (χ3n) is 4.45. The van der Waals surface area contributed by atoms with Crippen LogP contribution in [-0.4, -0.2) is 86.5 Å². The molecule has 32 heavy (non-hydrogen) atoms. The van der Waals surface area contributed by atoms with E-state index in [1.54, 1.807) is 0 Å². The lowest BCUT2D eigenvalue weighted by Gasteiger charge is -2.47. The molecule has 0 bridgehead atoms. The quantitative estimate of drug-likeness (QED) is 0.247. The van der Waals surface area contributed by atoms with Crippen LogP contribution in [0.1, 0.15) is 34.1 Å². The van der Waals surface area contributed by atoms with Crippen molar-refractivity contribution in [1.82, 2.24) is 5.32 Å². The van der Waals surface area contributed by atoms with Crippen LogP contribution in [0.2, 0.25) is 0 Å². The van der Waals surface area contributed by atoms with Crippen molar-refractivity contribution in [3.63, 3.8) is 0 Å². The van der Waals surface area contributed by atoms with Gasteiger partial charge in [-0.05, 0) is 0 Å². The highest BCUT2D eigenvalue weighted by atomic mass is 16.7. The second-order valence-corrected chi connectivity index (χ2v) is 6.89. The molecule has 6 atom stereocenters. The zero-order valence-electron chi connectivity index (χ0n) is 18.6. The van der Waals surface area contributed by atoms with Gasteiger partial charge in [-0.15, -0.1) is 0 Å². The normalized spacial score (nSPS) is 26.6. The SMILES string of the molecule is COC(=O)[C@]1(OC)C[C@@H](OC(C)=O)[C@@H](NC(C)=O)C([C@H](OC(C)=O)[C@@H](C=O)OC(C)=O)O1. The van der Waals surface area contributed by atoms with E-state index in [-0.39, 0.29) is 6.29 Å². The van der Waals surface area contributed by atoms with Crippen molar-refractivity contribution in [1.29, 1.82) is 0 Å². The Morgan fingerprint density at radius 3 is 2.00 bits per heavy atom. The molecule has 0 aromatic rings. The lowest BCUT2D eigenvalue weighted by molar-refractivity contribution is -0.305. The van der Waals surface area contributed by atoms with E-state index in [0.717, 1.165) is 41.9 Å². The number of methoxy groups -OCH3 is 2. The molecule has 1 fully saturated rings. The summed E-state index contributed by atoms with van der Waals surface area (Å²) in [6.45, 7) is 4.29. The van der Waals surface area contributed by atoms with Crippen LogP contribution in [0.15, 0.2) is 0 Å². The maximum absolute atomic E-state index is 12.5. The summed E-state index contributed by atoms with van der Waals surface area (Å²) < 4.78 is 31.2. The summed E-state index contributed by atoms with van der Waals surface area (Å²) in [4.78, 5) is 71.1. The first-order chi connectivity index (χ1) is 14.9. The molecule has 1 saturated heterocycles. The van der Waals surface area contributed by atoms with Crippen LogP contribution in [-0.2, 0) is 57.2 Å². The summed E-state index contributed by atoms with van der Waals surface area (Å²) in [5, 5.41) is 2.50. The minimum Gasteiger partial charge on any atom is -0.465 e. The number of rotatable bonds is 9. The van der Waals surface area contributed by atoms with Crippen LogP contribution < -0.4 is 5.32 Å². The van der Waals surface area contributed by atoms with Crippen LogP contribution in [0.4, 0.5) is 0 Å². The maximum Gasteiger partial charge on any atom is 0.366 e. The van der Waals surface area contributed by atoms with E-state index in [1.807, 2.05) is 0 Å². The highest BCUT2D eigenvalue weighted by molar-refractivity contribution is 5.79. The van der Waals surface area contributed by atoms with Gasteiger partial charge in [-0.2, -0.15) is 0 Å². The minimum atomic E-state index is -2.17. The number of amides is 1. The van der Waals surface area contributed by atoms with Crippen LogP contribution >= 0.6 is 0 Å². The Kier molecular flexibility index (Phi) is 9.72. The van der Waals surface area contributed by atoms with Crippen molar-refractivity contribution in [2.45, 2.75) is 70.4 Å². The molecule has 13 heteroatoms. The molecular weight excluding hydrogens is 434 g/mol. The number of carbonyl (C=O) groups excluding carboxylic acids is 6. The van der Waals surface area contributed by atoms with E-state index in [9.17, 15) is 28.8 Å². The van der Waals surface area contributed by atoms with Crippen molar-refractivity contribution in [2.75, 3.05) is 14.2 Å². The first-order valence-electron chi connectivity index (χ1n) is 9.46. The monoisotopic (exact) mass is 461 g/mol. The Bertz CT molecular complexity index is 753. The summed E-state index contributed by atoms with van der Waals surface area (Å²) in [5.41, 5.74) is 0. The molecule has 0 saturated carbocycles. The van der Waals surface area contributed by atoms with Crippen LogP contribution in [0, 0.1) is 0 Å². The number of carbonyl (C=O) groups is 6. The molecule has 1 aliphatic heterocycles. The Morgan fingerprint density at radius 2 is 1.59 bits per heavy atom. The molecule has 1 aliphatic rings. The fraction of sp³-hybridized carbons (Fsp3) is 0.684. The third kappa shape index (κ3) is 6.72. The van der Waals surface area contributed by atoms with Crippen LogP contribution in [0.5, 0.6) is 0 Å². The van der Waals surface area contributed by atoms with Crippen molar-refractivity contribution >= 4 is 36.1 Å². The smallest absolute Gasteiger partial charge is 0.366 e. The van der Waals surface area contributed by atoms with Gasteiger partial charge in [0, 0.05) is 34.8 Å². The average Bonchev–Trinajstić information content (AvgIpc) is 2.70. The molecule has 13 nitrogen and oxygen atoms in total. The Hall–Kier alpha value is -3.06. The van der Waals surface area contributed by atoms with Crippen LogP contribution in [0.25, 0.3) is 0 Å². The van der Waals surface area contributed by atoms with Crippen LogP contribution in [0.3, 0.4) is 0 Å². The van der Waals surface area contributed by atoms with Gasteiger partial charge in [-0.3, -0.25) is 24.0 Å². The van der Waals surface area contributed by atoms with Gasteiger partial charge in [0.2, 0.25) is 5.91 Å². The summed E-state index contributed by atoms with van der Waals surface area (Å²) in [6, 6.07) is -1.24. The van der Waals surface area contributed by atoms with E-state index in [4.69, 9.17) is 28.4 Å². The standard InChI is InChI=1S/C19H27NO12/c1-9(22)20-15-13(29-10(2)23)7-19(28-6,18(26)27-5)32-17(15)16(31-12(4)25)14(8-21)30-11(3)24/h8,13-17H,7H2,1-6H3,(H,20,22)/t13-,14-,15-,16-,17?,19+/m1/s1. The Balaban J connectivity index is 3.67. The van der Waals surface area contributed by atoms with Crippen molar-refractivity contribution in [3.8, 4) is 0 Å². The summed E-state index contributed by atoms with van der Waals surface area (Å²) in [6.07, 6.45) is -6.40. The first kappa shape index (κ1) is 27.0. The lowest BCUT2D eigenvalue weighted by Crippen LogP contribution is -2.69. The number of aldehydes is 1. The minimum absolute atomic E-state index is 0.186. The number of hydrogen-bond acceptors (Lipinski definition) is 12. The lowest BCUT2D eigenvalue weighted by atomic mass is 9.88. The Labute approximate surface area is 184 Å². The molecule has 1 rings (SSSR count). The topological polar surface area (TPSA) is 170 Å². The first-order valence-corrected chi connectivity index (χ1v) is 9.46. The predicted octanol–water partition coefficient (Wildman–Crippen LogP) is -1.21. The zero-order valence-corrected chi connectivity index (χ0v) is 18.6. The van der Waals surface area contributed by atoms with Gasteiger partial charge in [0.15, 0.2) is 18.5 Å². The van der Waals surface area contributed by atoms with Gasteiger partial charge in [0.25, 0.3) is 5.79 Å². The largest absolute Gasteiger partial charge is 0.465 e. The molecule has 0 radical (unpaired) electrons. The van der Waals surface area contributed by atoms with Gasteiger partial charge in [-0.25, -0.2) is 4.79 Å². The third-order valence-corrected chi connectivity index (χ3v) is 4.45. The van der Waals surface area contributed by atoms with E-state index >= 15 is 0 Å². The van der Waals surface area contributed by atoms with E-state index in [2.05, 4.69) is 5.32 Å². The molecular formula is C19H27NO12. The number of ether oxygens (including phenoxy) is 6. The predicted molar refractivity (Wildman–Crippen MR) is 102 cm³/mol. The highest BCUT2D eigenvalue weighted by Gasteiger charge is 2.58. The fourth-order valence-electron chi connectivity index (χ4n) is 3.33. The van der Waals surface area contributed by atoms with Gasteiger partial charge >= 0.3 is 23.9 Å². The van der Waals surface area contributed by atoms with E-state index < -0.39 is 72.5 Å². The second kappa shape index (κ2) is 11.5. The summed E-state index contributed by atoms with van der Waals surface area (Å²) in [7, 11) is 2.17. The van der Waals surface area contributed by atoms with Crippen molar-refractivity contribution < 1.29 is 57.2 Å². The fourth-order valence-corrected chi connectivity index (χ4v) is 3.33. The van der Waals surface area contributed by atoms with Gasteiger partial charge in [0.1, 0.15) is 12.2 Å². The van der Waals surface area contributed by atoms with E-state index in [0.29, 0.717) is 0 Å². The molecule has 0 spiro atoms. The molecule has 0 aromatic heterocycles. The maximum atomic E-state index is 12.5. The van der Waals surface area contributed by atoms with Gasteiger partial charge < -0.3 is 33.7 Å². The average molecular weight is 461 g/mol. The van der Waals surface area contributed by atoms with Gasteiger partial charge in [0.05, 0.1) is 19.6 Å². The molecule has 1 N–H and O–H groups in total. The van der Waals surface area contributed by atoms with Crippen molar-refractivity contribution in [2.24, 2.45) is 0 Å². The highest BCUT2D eigenvalue weighted by Crippen LogP contribution is 2.36. The Morgan fingerprint density at radius 1 is 1.00 bits per heavy atom.